The highest BCUT2D eigenvalue weighted by molar-refractivity contribution is 6.31. The van der Waals surface area contributed by atoms with Crippen molar-refractivity contribution >= 4 is 29.4 Å². The number of hydrogen-bond donors (Lipinski definition) is 2. The Morgan fingerprint density at radius 3 is 2.54 bits per heavy atom. The summed E-state index contributed by atoms with van der Waals surface area (Å²) < 4.78 is 10.6. The number of aliphatic carboxylic acids is 1. The van der Waals surface area contributed by atoms with Gasteiger partial charge in [-0.25, -0.2) is 4.79 Å². The van der Waals surface area contributed by atoms with Crippen LogP contribution in [0.25, 0.3) is 22.4 Å². The molecular formula is C26H22ClN3O5. The van der Waals surface area contributed by atoms with Gasteiger partial charge >= 0.3 is 12.1 Å². The number of hydrogen-bond acceptors (Lipinski definition) is 6. The Bertz CT molecular complexity index is 1350. The zero-order valence-corrected chi connectivity index (χ0v) is 19.6. The summed E-state index contributed by atoms with van der Waals surface area (Å²) in [4.78, 5) is 27.5. The van der Waals surface area contributed by atoms with Crippen LogP contribution in [0.4, 0.5) is 10.5 Å². The monoisotopic (exact) mass is 491 g/mol. The summed E-state index contributed by atoms with van der Waals surface area (Å²) in [5, 5.41) is 16.4. The zero-order chi connectivity index (χ0) is 24.8. The van der Waals surface area contributed by atoms with Gasteiger partial charge in [0, 0.05) is 35.0 Å². The molecule has 0 aliphatic rings. The Balaban J connectivity index is 1.44. The Hall–Kier alpha value is -4.17. The van der Waals surface area contributed by atoms with Gasteiger partial charge in [-0.05, 0) is 35.7 Å². The van der Waals surface area contributed by atoms with Crippen LogP contribution in [0, 0.1) is 6.92 Å². The van der Waals surface area contributed by atoms with Crippen molar-refractivity contribution in [3.63, 3.8) is 0 Å². The summed E-state index contributed by atoms with van der Waals surface area (Å²) in [6, 6.07) is 16.6. The van der Waals surface area contributed by atoms with E-state index in [2.05, 4.69) is 15.5 Å². The van der Waals surface area contributed by atoms with Crippen molar-refractivity contribution in [3.05, 3.63) is 88.9 Å². The van der Waals surface area contributed by atoms with Gasteiger partial charge < -0.3 is 14.4 Å². The summed E-state index contributed by atoms with van der Waals surface area (Å²) in [7, 11) is 0. The highest BCUT2D eigenvalue weighted by Gasteiger charge is 2.18. The first-order valence-electron chi connectivity index (χ1n) is 10.8. The van der Waals surface area contributed by atoms with E-state index in [-0.39, 0.29) is 13.0 Å². The minimum atomic E-state index is -0.914. The van der Waals surface area contributed by atoms with Crippen molar-refractivity contribution in [3.8, 4) is 22.4 Å². The molecule has 2 heterocycles. The quantitative estimate of drug-likeness (QED) is 0.321. The predicted octanol–water partition coefficient (Wildman–Crippen LogP) is 5.78. The fourth-order valence-electron chi connectivity index (χ4n) is 3.55. The first-order chi connectivity index (χ1) is 16.9. The van der Waals surface area contributed by atoms with Crippen LogP contribution >= 0.6 is 11.6 Å². The Labute approximate surface area is 206 Å². The number of halogens is 1. The Morgan fingerprint density at radius 1 is 1.06 bits per heavy atom. The van der Waals surface area contributed by atoms with Crippen molar-refractivity contribution in [2.45, 2.75) is 19.8 Å². The lowest BCUT2D eigenvalue weighted by atomic mass is 10.0. The zero-order valence-electron chi connectivity index (χ0n) is 18.8. The maximum absolute atomic E-state index is 12.4. The fraction of sp³-hybridized carbons (Fsp3) is 0.154. The van der Waals surface area contributed by atoms with Crippen LogP contribution in [0.1, 0.15) is 16.9 Å². The highest BCUT2D eigenvalue weighted by Crippen LogP contribution is 2.32. The first kappa shape index (κ1) is 24.0. The van der Waals surface area contributed by atoms with E-state index in [1.54, 1.807) is 25.3 Å². The highest BCUT2D eigenvalue weighted by atomic mass is 35.5. The molecule has 0 aliphatic carbocycles. The third kappa shape index (κ3) is 6.04. The third-order valence-corrected chi connectivity index (χ3v) is 5.66. The van der Waals surface area contributed by atoms with E-state index in [0.29, 0.717) is 34.1 Å². The number of amides is 1. The molecule has 35 heavy (non-hydrogen) atoms. The average Bonchev–Trinajstić information content (AvgIpc) is 3.20. The van der Waals surface area contributed by atoms with Gasteiger partial charge in [0.1, 0.15) is 11.4 Å². The minimum Gasteiger partial charge on any atom is -0.481 e. The first-order valence-corrected chi connectivity index (χ1v) is 11.2. The van der Waals surface area contributed by atoms with Crippen LogP contribution in [0.3, 0.4) is 0 Å². The SMILES string of the molecule is Cc1onc(-c2ccc(-c3cncc(CC(=O)O)c3)cc2)c1NC(=O)OCCc1ccccc1Cl. The molecule has 9 heteroatoms. The molecule has 0 unspecified atom stereocenters. The molecule has 0 radical (unpaired) electrons. The molecule has 8 nitrogen and oxygen atoms in total. The number of ether oxygens (including phenoxy) is 1. The molecule has 0 fully saturated rings. The number of carbonyl (C=O) groups is 2. The molecule has 4 aromatic rings. The molecule has 0 saturated carbocycles. The Morgan fingerprint density at radius 2 is 1.80 bits per heavy atom. The number of carbonyl (C=O) groups excluding carboxylic acids is 1. The van der Waals surface area contributed by atoms with Gasteiger partial charge in [-0.1, -0.05) is 59.2 Å². The van der Waals surface area contributed by atoms with Crippen molar-refractivity contribution in [1.82, 2.24) is 10.1 Å². The fourth-order valence-corrected chi connectivity index (χ4v) is 3.78. The molecular weight excluding hydrogens is 470 g/mol. The predicted molar refractivity (Wildman–Crippen MR) is 131 cm³/mol. The van der Waals surface area contributed by atoms with Crippen LogP contribution < -0.4 is 5.32 Å². The van der Waals surface area contributed by atoms with Crippen LogP contribution in [-0.2, 0) is 22.4 Å². The number of aryl methyl sites for hydroxylation is 1. The van der Waals surface area contributed by atoms with Crippen LogP contribution in [0.15, 0.2) is 71.5 Å². The second kappa shape index (κ2) is 10.8. The summed E-state index contributed by atoms with van der Waals surface area (Å²) in [5.41, 5.74) is 4.79. The molecule has 2 aromatic carbocycles. The van der Waals surface area contributed by atoms with E-state index in [1.807, 2.05) is 42.5 Å². The Kier molecular flexibility index (Phi) is 7.42. The molecule has 4 rings (SSSR count). The number of aromatic nitrogens is 2. The number of benzene rings is 2. The third-order valence-electron chi connectivity index (χ3n) is 5.29. The number of carboxylic acids is 1. The van der Waals surface area contributed by atoms with Crippen LogP contribution in [0.2, 0.25) is 5.02 Å². The molecule has 2 N–H and O–H groups in total. The number of pyridine rings is 1. The van der Waals surface area contributed by atoms with E-state index in [4.69, 9.17) is 26.0 Å². The normalized spacial score (nSPS) is 10.7. The van der Waals surface area contributed by atoms with Crippen molar-refractivity contribution in [2.24, 2.45) is 0 Å². The second-order valence-corrected chi connectivity index (χ2v) is 8.20. The van der Waals surface area contributed by atoms with Crippen molar-refractivity contribution in [2.75, 3.05) is 11.9 Å². The molecule has 0 saturated heterocycles. The van der Waals surface area contributed by atoms with Crippen molar-refractivity contribution < 1.29 is 24.0 Å². The molecule has 0 bridgehead atoms. The van der Waals surface area contributed by atoms with Gasteiger partial charge in [0.05, 0.1) is 13.0 Å². The van der Waals surface area contributed by atoms with E-state index in [1.165, 1.54) is 6.20 Å². The molecule has 0 aliphatic heterocycles. The minimum absolute atomic E-state index is 0.0966. The average molecular weight is 492 g/mol. The number of nitrogens with zero attached hydrogens (tertiary/aromatic N) is 2. The summed E-state index contributed by atoms with van der Waals surface area (Å²) >= 11 is 6.14. The number of anilines is 1. The van der Waals surface area contributed by atoms with Gasteiger partial charge in [0.25, 0.3) is 0 Å². The summed E-state index contributed by atoms with van der Waals surface area (Å²) in [6.07, 6.45) is 2.98. The standard InChI is InChI=1S/C26H22ClN3O5/c1-16-24(29-26(33)34-11-10-19-4-2-3-5-22(19)27)25(30-35-16)20-8-6-18(7-9-20)21-12-17(13-23(31)32)14-28-15-21/h2-9,12,14-15H,10-11,13H2,1H3,(H,29,33)(H,31,32). The van der Waals surface area contributed by atoms with E-state index in [9.17, 15) is 9.59 Å². The topological polar surface area (TPSA) is 115 Å². The lowest BCUT2D eigenvalue weighted by molar-refractivity contribution is -0.136. The molecule has 1 amide bonds. The molecule has 178 valence electrons. The van der Waals surface area contributed by atoms with E-state index in [0.717, 1.165) is 22.3 Å². The van der Waals surface area contributed by atoms with Gasteiger partial charge in [-0.2, -0.15) is 0 Å². The van der Waals surface area contributed by atoms with Gasteiger partial charge in [0.15, 0.2) is 5.76 Å². The van der Waals surface area contributed by atoms with E-state index >= 15 is 0 Å². The van der Waals surface area contributed by atoms with Crippen molar-refractivity contribution in [1.29, 1.82) is 0 Å². The number of rotatable bonds is 8. The lowest BCUT2D eigenvalue weighted by Crippen LogP contribution is -2.16. The molecule has 2 aromatic heterocycles. The molecule has 0 spiro atoms. The number of nitrogens with one attached hydrogen (secondary N) is 1. The maximum Gasteiger partial charge on any atom is 0.411 e. The summed E-state index contributed by atoms with van der Waals surface area (Å²) in [5.74, 6) is -0.471. The van der Waals surface area contributed by atoms with Gasteiger partial charge in [-0.15, -0.1) is 0 Å². The summed E-state index contributed by atoms with van der Waals surface area (Å²) in [6.45, 7) is 1.86. The van der Waals surface area contributed by atoms with Gasteiger partial charge in [-0.3, -0.25) is 15.1 Å². The van der Waals surface area contributed by atoms with Crippen LogP contribution in [0.5, 0.6) is 0 Å². The van der Waals surface area contributed by atoms with E-state index < -0.39 is 12.1 Å². The van der Waals surface area contributed by atoms with Gasteiger partial charge in [0.2, 0.25) is 0 Å². The van der Waals surface area contributed by atoms with Crippen LogP contribution in [-0.4, -0.2) is 33.9 Å². The maximum atomic E-state index is 12.4. The number of carboxylic acid groups (broad SMARTS) is 1. The smallest absolute Gasteiger partial charge is 0.411 e. The molecule has 0 atom stereocenters. The largest absolute Gasteiger partial charge is 0.481 e. The second-order valence-electron chi connectivity index (χ2n) is 7.79. The lowest BCUT2D eigenvalue weighted by Gasteiger charge is -2.09.